The summed E-state index contributed by atoms with van der Waals surface area (Å²) in [6, 6.07) is 6.41. The Hall–Kier alpha value is -2.43. The summed E-state index contributed by atoms with van der Waals surface area (Å²) in [5.41, 5.74) is 2.08. The van der Waals surface area contributed by atoms with Crippen molar-refractivity contribution < 1.29 is 19.1 Å². The maximum Gasteiger partial charge on any atom is 0.338 e. The molecule has 2 amide bonds. The Labute approximate surface area is 134 Å². The lowest BCUT2D eigenvalue weighted by atomic mass is 9.82. The maximum atomic E-state index is 12.6. The van der Waals surface area contributed by atoms with E-state index >= 15 is 0 Å². The Morgan fingerprint density at radius 2 is 1.83 bits per heavy atom. The monoisotopic (exact) mass is 313 g/mol. The number of ether oxygens (including phenoxy) is 1. The predicted octanol–water partition coefficient (Wildman–Crippen LogP) is 2.71. The molecule has 0 bridgehead atoms. The Balaban J connectivity index is 1.84. The number of esters is 1. The van der Waals surface area contributed by atoms with Crippen LogP contribution in [0.15, 0.2) is 35.9 Å². The van der Waals surface area contributed by atoms with E-state index in [2.05, 4.69) is 0 Å². The quantitative estimate of drug-likeness (QED) is 0.489. The molecule has 1 aromatic carbocycles. The number of hydrogen-bond acceptors (Lipinski definition) is 4. The van der Waals surface area contributed by atoms with E-state index in [1.165, 1.54) is 4.90 Å². The number of carbonyl (C=O) groups excluding carboxylic acids is 3. The minimum Gasteiger partial charge on any atom is -0.462 e. The van der Waals surface area contributed by atoms with E-state index in [0.29, 0.717) is 30.7 Å². The molecule has 2 atom stereocenters. The second kappa shape index (κ2) is 5.99. The molecule has 2 aliphatic rings. The number of anilines is 1. The number of hydrogen-bond donors (Lipinski definition) is 0. The van der Waals surface area contributed by atoms with Crippen molar-refractivity contribution in [2.45, 2.75) is 26.7 Å². The van der Waals surface area contributed by atoms with Crippen molar-refractivity contribution in [3.05, 3.63) is 41.5 Å². The van der Waals surface area contributed by atoms with Gasteiger partial charge in [-0.3, -0.25) is 14.5 Å². The van der Waals surface area contributed by atoms with Crippen LogP contribution in [0.2, 0.25) is 0 Å². The van der Waals surface area contributed by atoms with Crippen LogP contribution in [0.25, 0.3) is 0 Å². The average Bonchev–Trinajstić information content (AvgIpc) is 2.79. The van der Waals surface area contributed by atoms with E-state index in [-0.39, 0.29) is 23.7 Å². The first-order chi connectivity index (χ1) is 11.0. The summed E-state index contributed by atoms with van der Waals surface area (Å²) >= 11 is 0. The third kappa shape index (κ3) is 2.67. The van der Waals surface area contributed by atoms with Gasteiger partial charge in [-0.15, -0.1) is 0 Å². The van der Waals surface area contributed by atoms with E-state index in [4.69, 9.17) is 4.74 Å². The normalized spacial score (nSPS) is 23.6. The SMILES string of the molecule is CCOC(=O)c1ccc(N2C(=O)[C@H]3CC=C(C)C[C@@H]3C2=O)cc1. The lowest BCUT2D eigenvalue weighted by molar-refractivity contribution is -0.122. The molecule has 0 radical (unpaired) electrons. The van der Waals surface area contributed by atoms with E-state index < -0.39 is 5.97 Å². The molecule has 0 spiro atoms. The second-order valence-corrected chi connectivity index (χ2v) is 5.98. The molecule has 1 saturated heterocycles. The van der Waals surface area contributed by atoms with Crippen LogP contribution in [0.3, 0.4) is 0 Å². The van der Waals surface area contributed by atoms with E-state index in [1.54, 1.807) is 31.2 Å². The zero-order chi connectivity index (χ0) is 16.6. The van der Waals surface area contributed by atoms with Crippen LogP contribution in [-0.4, -0.2) is 24.4 Å². The van der Waals surface area contributed by atoms with Crippen molar-refractivity contribution in [2.24, 2.45) is 11.8 Å². The molecule has 1 aromatic rings. The molecule has 1 heterocycles. The zero-order valence-electron chi connectivity index (χ0n) is 13.2. The number of imide groups is 1. The highest BCUT2D eigenvalue weighted by Gasteiger charge is 2.48. The molecule has 1 fully saturated rings. The zero-order valence-corrected chi connectivity index (χ0v) is 13.2. The molecule has 1 aliphatic heterocycles. The van der Waals surface area contributed by atoms with Gasteiger partial charge in [-0.1, -0.05) is 11.6 Å². The highest BCUT2D eigenvalue weighted by atomic mass is 16.5. The van der Waals surface area contributed by atoms with E-state index in [9.17, 15) is 14.4 Å². The first kappa shape index (κ1) is 15.5. The van der Waals surface area contributed by atoms with Gasteiger partial charge in [0.15, 0.2) is 0 Å². The van der Waals surface area contributed by atoms with Crippen LogP contribution >= 0.6 is 0 Å². The fraction of sp³-hybridized carbons (Fsp3) is 0.389. The van der Waals surface area contributed by atoms with Gasteiger partial charge in [0.2, 0.25) is 11.8 Å². The number of fused-ring (bicyclic) bond motifs is 1. The van der Waals surface area contributed by atoms with Gasteiger partial charge in [-0.2, -0.15) is 0 Å². The number of rotatable bonds is 3. The number of carbonyl (C=O) groups is 3. The molecular weight excluding hydrogens is 294 g/mol. The number of amides is 2. The summed E-state index contributed by atoms with van der Waals surface area (Å²) in [5.74, 6) is -1.20. The third-order valence-corrected chi connectivity index (χ3v) is 4.46. The van der Waals surface area contributed by atoms with E-state index in [1.807, 2.05) is 13.0 Å². The average molecular weight is 313 g/mol. The molecule has 23 heavy (non-hydrogen) atoms. The third-order valence-electron chi connectivity index (χ3n) is 4.46. The lowest BCUT2D eigenvalue weighted by Gasteiger charge is -2.18. The smallest absolute Gasteiger partial charge is 0.338 e. The van der Waals surface area contributed by atoms with Gasteiger partial charge in [-0.05, 0) is 51.0 Å². The molecule has 0 aromatic heterocycles. The molecule has 0 unspecified atom stereocenters. The van der Waals surface area contributed by atoms with Crippen molar-refractivity contribution in [1.29, 1.82) is 0 Å². The van der Waals surface area contributed by atoms with Gasteiger partial charge in [0.1, 0.15) is 0 Å². The van der Waals surface area contributed by atoms with Crippen LogP contribution in [0, 0.1) is 11.8 Å². The van der Waals surface area contributed by atoms with Crippen LogP contribution in [0.4, 0.5) is 5.69 Å². The molecular formula is C18H19NO4. The van der Waals surface area contributed by atoms with Gasteiger partial charge in [-0.25, -0.2) is 4.79 Å². The first-order valence-electron chi connectivity index (χ1n) is 7.83. The molecule has 0 saturated carbocycles. The summed E-state index contributed by atoms with van der Waals surface area (Å²) in [7, 11) is 0. The summed E-state index contributed by atoms with van der Waals surface area (Å²) < 4.78 is 4.93. The minimum absolute atomic E-state index is 0.142. The Morgan fingerprint density at radius 3 is 2.48 bits per heavy atom. The summed E-state index contributed by atoms with van der Waals surface area (Å²) in [5, 5.41) is 0. The van der Waals surface area contributed by atoms with Crippen molar-refractivity contribution in [3.63, 3.8) is 0 Å². The van der Waals surface area contributed by atoms with Gasteiger partial charge in [0.05, 0.1) is 29.7 Å². The molecule has 0 N–H and O–H groups in total. The number of nitrogens with zero attached hydrogens (tertiary/aromatic N) is 1. The molecule has 5 heteroatoms. The van der Waals surface area contributed by atoms with Gasteiger partial charge >= 0.3 is 5.97 Å². The summed E-state index contributed by atoms with van der Waals surface area (Å²) in [6.45, 7) is 4.04. The standard InChI is InChI=1S/C18H19NO4/c1-3-23-18(22)12-5-7-13(8-6-12)19-16(20)14-9-4-11(2)10-15(14)17(19)21/h4-8,14-15H,3,9-10H2,1-2H3/t14-,15-/m0/s1. The van der Waals surface area contributed by atoms with Crippen LogP contribution in [-0.2, 0) is 14.3 Å². The summed E-state index contributed by atoms with van der Waals surface area (Å²) in [4.78, 5) is 38.1. The predicted molar refractivity (Wildman–Crippen MR) is 84.9 cm³/mol. The largest absolute Gasteiger partial charge is 0.462 e. The fourth-order valence-corrected chi connectivity index (χ4v) is 3.25. The topological polar surface area (TPSA) is 63.7 Å². The van der Waals surface area contributed by atoms with Crippen molar-refractivity contribution in [1.82, 2.24) is 0 Å². The van der Waals surface area contributed by atoms with E-state index in [0.717, 1.165) is 5.57 Å². The fourth-order valence-electron chi connectivity index (χ4n) is 3.25. The summed E-state index contributed by atoms with van der Waals surface area (Å²) in [6.07, 6.45) is 3.31. The Morgan fingerprint density at radius 1 is 1.17 bits per heavy atom. The number of allylic oxidation sites excluding steroid dienone is 2. The Kier molecular flexibility index (Phi) is 4.03. The van der Waals surface area contributed by atoms with Crippen LogP contribution in [0.5, 0.6) is 0 Å². The first-order valence-corrected chi connectivity index (χ1v) is 7.83. The maximum absolute atomic E-state index is 12.6. The van der Waals surface area contributed by atoms with Crippen molar-refractivity contribution in [3.8, 4) is 0 Å². The molecule has 3 rings (SSSR count). The van der Waals surface area contributed by atoms with Crippen molar-refractivity contribution in [2.75, 3.05) is 11.5 Å². The number of benzene rings is 1. The molecule has 1 aliphatic carbocycles. The van der Waals surface area contributed by atoms with Gasteiger partial charge in [0.25, 0.3) is 0 Å². The molecule has 5 nitrogen and oxygen atoms in total. The lowest BCUT2D eigenvalue weighted by Crippen LogP contribution is -2.30. The minimum atomic E-state index is -0.411. The van der Waals surface area contributed by atoms with Crippen LogP contribution in [0.1, 0.15) is 37.0 Å². The second-order valence-electron chi connectivity index (χ2n) is 5.98. The van der Waals surface area contributed by atoms with Crippen LogP contribution < -0.4 is 4.90 Å². The van der Waals surface area contributed by atoms with Crippen molar-refractivity contribution >= 4 is 23.5 Å². The van der Waals surface area contributed by atoms with Gasteiger partial charge < -0.3 is 4.74 Å². The highest BCUT2D eigenvalue weighted by molar-refractivity contribution is 6.22. The Bertz CT molecular complexity index is 689. The van der Waals surface area contributed by atoms with Gasteiger partial charge in [0, 0.05) is 0 Å². The molecule has 120 valence electrons. The highest BCUT2D eigenvalue weighted by Crippen LogP contribution is 2.39.